The molecule has 1 aromatic rings. The van der Waals surface area contributed by atoms with E-state index in [-0.39, 0.29) is 17.4 Å². The fraction of sp³-hybridized carbons (Fsp3) is 0.636. The van der Waals surface area contributed by atoms with Crippen LogP contribution in [-0.4, -0.2) is 38.3 Å². The standard InChI is InChI=1S/C22H30FN3O5S/c1-21(19(27)24-20(28)25-21)9-3-2-4-12-32(29,30)26-22(10-11-22)16-7-8-17(23)18(13-16)31-14-15-5-6-15/h7-8,13,15,26H,2-6,9-12,14H2,1H3,(H2,24,25,27,28). The summed E-state index contributed by atoms with van der Waals surface area (Å²) < 4.78 is 47.9. The lowest BCUT2D eigenvalue weighted by atomic mass is 9.95. The maximum absolute atomic E-state index is 14.1. The third-order valence-electron chi connectivity index (χ3n) is 6.46. The van der Waals surface area contributed by atoms with Gasteiger partial charge in [-0.05, 0) is 69.1 Å². The number of halogens is 1. The molecule has 1 aromatic carbocycles. The zero-order valence-electron chi connectivity index (χ0n) is 18.2. The molecule has 0 radical (unpaired) electrons. The largest absolute Gasteiger partial charge is 0.490 e. The molecule has 1 aliphatic heterocycles. The highest BCUT2D eigenvalue weighted by molar-refractivity contribution is 7.89. The second-order valence-corrected chi connectivity index (χ2v) is 11.3. The number of imide groups is 1. The number of ether oxygens (including phenoxy) is 1. The Morgan fingerprint density at radius 1 is 1.19 bits per heavy atom. The number of hydrogen-bond donors (Lipinski definition) is 3. The van der Waals surface area contributed by atoms with E-state index in [2.05, 4.69) is 15.4 Å². The van der Waals surface area contributed by atoms with E-state index in [9.17, 15) is 22.4 Å². The molecule has 0 aromatic heterocycles. The van der Waals surface area contributed by atoms with E-state index in [0.29, 0.717) is 51.0 Å². The Hall–Kier alpha value is -2.20. The van der Waals surface area contributed by atoms with Gasteiger partial charge in [-0.1, -0.05) is 18.9 Å². The SMILES string of the molecule is CC1(CCCCCS(=O)(=O)NC2(c3ccc(F)c(OCC4CC4)c3)CC2)NC(=O)NC1=O. The molecule has 1 unspecified atom stereocenters. The van der Waals surface area contributed by atoms with Crippen molar-refractivity contribution in [2.45, 2.75) is 69.4 Å². The number of sulfonamides is 1. The maximum atomic E-state index is 14.1. The first kappa shape index (κ1) is 23.0. The lowest BCUT2D eigenvalue weighted by molar-refractivity contribution is -0.123. The minimum Gasteiger partial charge on any atom is -0.490 e. The van der Waals surface area contributed by atoms with E-state index >= 15 is 0 Å². The number of carbonyl (C=O) groups is 2. The Morgan fingerprint density at radius 3 is 2.56 bits per heavy atom. The quantitative estimate of drug-likeness (QED) is 0.323. The first-order valence-electron chi connectivity index (χ1n) is 11.2. The van der Waals surface area contributed by atoms with E-state index in [0.717, 1.165) is 18.4 Å². The number of amides is 3. The molecule has 32 heavy (non-hydrogen) atoms. The molecule has 10 heteroatoms. The number of carbonyl (C=O) groups excluding carboxylic acids is 2. The predicted octanol–water partition coefficient (Wildman–Crippen LogP) is 2.68. The monoisotopic (exact) mass is 467 g/mol. The summed E-state index contributed by atoms with van der Waals surface area (Å²) in [5, 5.41) is 4.82. The second-order valence-electron chi connectivity index (χ2n) is 9.45. The van der Waals surface area contributed by atoms with E-state index < -0.39 is 32.9 Å². The van der Waals surface area contributed by atoms with Crippen LogP contribution in [0.3, 0.4) is 0 Å². The highest BCUT2D eigenvalue weighted by Crippen LogP contribution is 2.47. The van der Waals surface area contributed by atoms with Gasteiger partial charge in [-0.2, -0.15) is 0 Å². The van der Waals surface area contributed by atoms with Gasteiger partial charge in [0.1, 0.15) is 5.54 Å². The summed E-state index contributed by atoms with van der Waals surface area (Å²) in [7, 11) is -3.53. The lowest BCUT2D eigenvalue weighted by Crippen LogP contribution is -2.43. The molecule has 0 spiro atoms. The fourth-order valence-electron chi connectivity index (χ4n) is 4.03. The van der Waals surface area contributed by atoms with Crippen molar-refractivity contribution in [2.24, 2.45) is 5.92 Å². The molecule has 3 aliphatic rings. The van der Waals surface area contributed by atoms with E-state index in [1.54, 1.807) is 19.1 Å². The van der Waals surface area contributed by atoms with E-state index in [1.807, 2.05) is 0 Å². The molecule has 1 atom stereocenters. The van der Waals surface area contributed by atoms with Gasteiger partial charge >= 0.3 is 6.03 Å². The molecule has 0 bridgehead atoms. The summed E-state index contributed by atoms with van der Waals surface area (Å²) in [6, 6.07) is 4.08. The number of rotatable bonds is 12. The molecule has 2 saturated carbocycles. The van der Waals surface area contributed by atoms with Gasteiger partial charge in [0.2, 0.25) is 10.0 Å². The average Bonchev–Trinajstić information content (AvgIpc) is 3.63. The summed E-state index contributed by atoms with van der Waals surface area (Å²) >= 11 is 0. The minimum atomic E-state index is -3.53. The van der Waals surface area contributed by atoms with Crippen LogP contribution in [0.15, 0.2) is 18.2 Å². The number of urea groups is 1. The second kappa shape index (κ2) is 8.62. The third kappa shape index (κ3) is 5.40. The van der Waals surface area contributed by atoms with Gasteiger partial charge in [-0.15, -0.1) is 0 Å². The van der Waals surface area contributed by atoms with Crippen LogP contribution in [0.1, 0.15) is 63.9 Å². The normalized spacial score (nSPS) is 24.2. The minimum absolute atomic E-state index is 0.0315. The fourth-order valence-corrected chi connectivity index (χ4v) is 5.63. The van der Waals surface area contributed by atoms with Crippen molar-refractivity contribution in [1.29, 1.82) is 0 Å². The summed E-state index contributed by atoms with van der Waals surface area (Å²) in [6.45, 7) is 2.15. The summed E-state index contributed by atoms with van der Waals surface area (Å²) in [5.74, 6) is -0.151. The Kier molecular flexibility index (Phi) is 6.19. The predicted molar refractivity (Wildman–Crippen MR) is 116 cm³/mol. The van der Waals surface area contributed by atoms with Gasteiger partial charge in [-0.25, -0.2) is 22.3 Å². The maximum Gasteiger partial charge on any atom is 0.322 e. The van der Waals surface area contributed by atoms with Crippen LogP contribution >= 0.6 is 0 Å². The van der Waals surface area contributed by atoms with Crippen molar-refractivity contribution in [2.75, 3.05) is 12.4 Å². The lowest BCUT2D eigenvalue weighted by Gasteiger charge is -2.20. The van der Waals surface area contributed by atoms with Gasteiger partial charge in [0.15, 0.2) is 11.6 Å². The number of nitrogens with one attached hydrogen (secondary N) is 3. The molecule has 1 saturated heterocycles. The number of unbranched alkanes of at least 4 members (excludes halogenated alkanes) is 2. The van der Waals surface area contributed by atoms with Crippen molar-refractivity contribution in [3.63, 3.8) is 0 Å². The van der Waals surface area contributed by atoms with Gasteiger partial charge in [0, 0.05) is 0 Å². The van der Waals surface area contributed by atoms with E-state index in [1.165, 1.54) is 6.07 Å². The van der Waals surface area contributed by atoms with Crippen LogP contribution in [0.2, 0.25) is 0 Å². The number of hydrogen-bond acceptors (Lipinski definition) is 5. The average molecular weight is 468 g/mol. The zero-order valence-corrected chi connectivity index (χ0v) is 19.0. The molecular formula is C22H30FN3O5S. The Labute approximate surface area is 187 Å². The topological polar surface area (TPSA) is 114 Å². The summed E-state index contributed by atoms with van der Waals surface area (Å²) in [6.07, 6.45) is 5.64. The van der Waals surface area contributed by atoms with Gasteiger partial charge in [0.05, 0.1) is 17.9 Å². The van der Waals surface area contributed by atoms with Crippen LogP contribution < -0.4 is 20.1 Å². The van der Waals surface area contributed by atoms with Crippen LogP contribution in [0.4, 0.5) is 9.18 Å². The van der Waals surface area contributed by atoms with Crippen molar-refractivity contribution in [3.05, 3.63) is 29.6 Å². The van der Waals surface area contributed by atoms with Crippen molar-refractivity contribution in [3.8, 4) is 5.75 Å². The summed E-state index contributed by atoms with van der Waals surface area (Å²) in [4.78, 5) is 23.1. The molecular weight excluding hydrogens is 437 g/mol. The van der Waals surface area contributed by atoms with Crippen LogP contribution in [0.5, 0.6) is 5.75 Å². The van der Waals surface area contributed by atoms with Crippen molar-refractivity contribution < 1.29 is 27.1 Å². The molecule has 2 aliphatic carbocycles. The van der Waals surface area contributed by atoms with Crippen molar-refractivity contribution >= 4 is 22.0 Å². The first-order valence-corrected chi connectivity index (χ1v) is 12.8. The number of benzene rings is 1. The Morgan fingerprint density at radius 2 is 1.94 bits per heavy atom. The highest BCUT2D eigenvalue weighted by Gasteiger charge is 2.47. The summed E-state index contributed by atoms with van der Waals surface area (Å²) in [5.41, 5.74) is -0.901. The van der Waals surface area contributed by atoms with E-state index in [4.69, 9.17) is 4.74 Å². The van der Waals surface area contributed by atoms with Crippen LogP contribution in [0, 0.1) is 11.7 Å². The Bertz CT molecular complexity index is 1010. The zero-order chi connectivity index (χ0) is 23.0. The molecule has 1 heterocycles. The third-order valence-corrected chi connectivity index (χ3v) is 7.99. The van der Waals surface area contributed by atoms with Crippen LogP contribution in [-0.2, 0) is 20.4 Å². The molecule has 3 N–H and O–H groups in total. The highest BCUT2D eigenvalue weighted by atomic mass is 32.2. The Balaban J connectivity index is 1.27. The first-order chi connectivity index (χ1) is 15.1. The molecule has 4 rings (SSSR count). The van der Waals surface area contributed by atoms with Gasteiger partial charge < -0.3 is 10.1 Å². The van der Waals surface area contributed by atoms with Crippen LogP contribution in [0.25, 0.3) is 0 Å². The smallest absolute Gasteiger partial charge is 0.322 e. The molecule has 8 nitrogen and oxygen atoms in total. The van der Waals surface area contributed by atoms with Crippen molar-refractivity contribution in [1.82, 2.24) is 15.4 Å². The molecule has 176 valence electrons. The van der Waals surface area contributed by atoms with Gasteiger partial charge in [-0.3, -0.25) is 10.1 Å². The molecule has 3 fully saturated rings. The molecule has 3 amide bonds. The van der Waals surface area contributed by atoms with Gasteiger partial charge in [0.25, 0.3) is 5.91 Å².